The van der Waals surface area contributed by atoms with Crippen LogP contribution in [-0.4, -0.2) is 54.0 Å². The molecule has 7 heteroatoms. The van der Waals surface area contributed by atoms with E-state index >= 15 is 0 Å². The zero-order valence-corrected chi connectivity index (χ0v) is 14.5. The second kappa shape index (κ2) is 9.42. The Morgan fingerprint density at radius 3 is 2.61 bits per heavy atom. The average molecular weight is 341 g/mol. The SMILES string of the molecule is CCOCCCN(CC(C)C(=O)O)C(=O)c1cc(C(C)=O)cs1. The molecule has 1 unspecified atom stereocenters. The molecule has 1 amide bonds. The molecule has 0 saturated heterocycles. The quantitative estimate of drug-likeness (QED) is 0.522. The summed E-state index contributed by atoms with van der Waals surface area (Å²) in [5.74, 6) is -1.93. The van der Waals surface area contributed by atoms with Crippen LogP contribution in [0.25, 0.3) is 0 Å². The molecule has 23 heavy (non-hydrogen) atoms. The van der Waals surface area contributed by atoms with Crippen LogP contribution in [-0.2, 0) is 9.53 Å². The van der Waals surface area contributed by atoms with Crippen molar-refractivity contribution in [1.29, 1.82) is 0 Å². The number of ether oxygens (including phenoxy) is 1. The fourth-order valence-corrected chi connectivity index (χ4v) is 2.89. The maximum Gasteiger partial charge on any atom is 0.308 e. The highest BCUT2D eigenvalue weighted by Gasteiger charge is 2.23. The largest absolute Gasteiger partial charge is 0.481 e. The molecule has 0 aliphatic heterocycles. The number of carbonyl (C=O) groups excluding carboxylic acids is 2. The van der Waals surface area contributed by atoms with Crippen LogP contribution in [0.1, 0.15) is 47.2 Å². The number of thiophene rings is 1. The smallest absolute Gasteiger partial charge is 0.308 e. The first kappa shape index (κ1) is 19.3. The van der Waals surface area contributed by atoms with E-state index < -0.39 is 11.9 Å². The molecule has 6 nitrogen and oxygen atoms in total. The van der Waals surface area contributed by atoms with Crippen LogP contribution in [0.2, 0.25) is 0 Å². The van der Waals surface area contributed by atoms with Gasteiger partial charge in [-0.05, 0) is 26.3 Å². The van der Waals surface area contributed by atoms with Gasteiger partial charge in [0.15, 0.2) is 5.78 Å². The molecular formula is C16H23NO5S. The van der Waals surface area contributed by atoms with Crippen molar-refractivity contribution in [3.8, 4) is 0 Å². The molecule has 0 aromatic carbocycles. The van der Waals surface area contributed by atoms with E-state index in [4.69, 9.17) is 9.84 Å². The number of carboxylic acids is 1. The third kappa shape index (κ3) is 6.11. The molecule has 0 bridgehead atoms. The predicted octanol–water partition coefficient (Wildman–Crippen LogP) is 2.54. The minimum atomic E-state index is -0.941. The van der Waals surface area contributed by atoms with E-state index in [1.54, 1.807) is 18.4 Å². The van der Waals surface area contributed by atoms with E-state index in [-0.39, 0.29) is 18.2 Å². The van der Waals surface area contributed by atoms with Crippen molar-refractivity contribution in [3.05, 3.63) is 21.9 Å². The van der Waals surface area contributed by atoms with Gasteiger partial charge in [0.1, 0.15) is 0 Å². The fraction of sp³-hybridized carbons (Fsp3) is 0.562. The number of hydrogen-bond acceptors (Lipinski definition) is 5. The number of aliphatic carboxylic acids is 1. The molecule has 0 saturated carbocycles. The van der Waals surface area contributed by atoms with E-state index in [0.29, 0.717) is 36.6 Å². The molecule has 0 radical (unpaired) electrons. The van der Waals surface area contributed by atoms with E-state index in [0.717, 1.165) is 0 Å². The number of Topliss-reactive ketones (excluding diaryl/α,β-unsaturated/α-hetero) is 1. The maximum atomic E-state index is 12.6. The lowest BCUT2D eigenvalue weighted by atomic mass is 10.1. The Bertz CT molecular complexity index is 554. The van der Waals surface area contributed by atoms with Crippen molar-refractivity contribution in [2.75, 3.05) is 26.3 Å². The highest BCUT2D eigenvalue weighted by molar-refractivity contribution is 7.12. The molecule has 1 heterocycles. The van der Waals surface area contributed by atoms with Crippen LogP contribution in [0.15, 0.2) is 11.4 Å². The highest BCUT2D eigenvalue weighted by Crippen LogP contribution is 2.18. The molecule has 1 N–H and O–H groups in total. The van der Waals surface area contributed by atoms with Crippen LogP contribution in [0.4, 0.5) is 0 Å². The average Bonchev–Trinajstić information content (AvgIpc) is 2.99. The lowest BCUT2D eigenvalue weighted by Crippen LogP contribution is -2.37. The number of carbonyl (C=O) groups is 3. The Hall–Kier alpha value is -1.73. The second-order valence-electron chi connectivity index (χ2n) is 5.30. The summed E-state index contributed by atoms with van der Waals surface area (Å²) in [7, 11) is 0. The van der Waals surface area contributed by atoms with Gasteiger partial charge < -0.3 is 14.7 Å². The number of amides is 1. The van der Waals surface area contributed by atoms with Crippen molar-refractivity contribution >= 4 is 29.0 Å². The third-order valence-corrected chi connectivity index (χ3v) is 4.26. The topological polar surface area (TPSA) is 83.9 Å². The summed E-state index contributed by atoms with van der Waals surface area (Å²) < 4.78 is 5.26. The Balaban J connectivity index is 2.80. The lowest BCUT2D eigenvalue weighted by Gasteiger charge is -2.24. The van der Waals surface area contributed by atoms with E-state index in [2.05, 4.69) is 0 Å². The summed E-state index contributed by atoms with van der Waals surface area (Å²) in [4.78, 5) is 37.0. The molecule has 1 atom stereocenters. The van der Waals surface area contributed by atoms with Crippen LogP contribution in [0.3, 0.4) is 0 Å². The van der Waals surface area contributed by atoms with Crippen molar-refractivity contribution in [2.24, 2.45) is 5.92 Å². The standard InChI is InChI=1S/C16H23NO5S/c1-4-22-7-5-6-17(9-11(2)16(20)21)15(19)14-8-13(10-23-14)12(3)18/h8,10-11H,4-7,9H2,1-3H3,(H,20,21). The van der Waals surface area contributed by atoms with Gasteiger partial charge in [-0.2, -0.15) is 0 Å². The Labute approximate surface area is 140 Å². The van der Waals surface area contributed by atoms with Gasteiger partial charge in [-0.15, -0.1) is 11.3 Å². The van der Waals surface area contributed by atoms with Gasteiger partial charge in [0.05, 0.1) is 10.8 Å². The Morgan fingerprint density at radius 1 is 1.39 bits per heavy atom. The van der Waals surface area contributed by atoms with E-state index in [9.17, 15) is 14.4 Å². The minimum Gasteiger partial charge on any atom is -0.481 e. The molecule has 128 valence electrons. The normalized spacial score (nSPS) is 12.0. The fourth-order valence-electron chi connectivity index (χ4n) is 1.98. The molecular weight excluding hydrogens is 318 g/mol. The molecule has 1 rings (SSSR count). The zero-order chi connectivity index (χ0) is 17.4. The minimum absolute atomic E-state index is 0.0953. The monoisotopic (exact) mass is 341 g/mol. The van der Waals surface area contributed by atoms with Gasteiger partial charge >= 0.3 is 5.97 Å². The van der Waals surface area contributed by atoms with Gasteiger partial charge in [-0.1, -0.05) is 6.92 Å². The zero-order valence-electron chi connectivity index (χ0n) is 13.7. The summed E-state index contributed by atoms with van der Waals surface area (Å²) in [6, 6.07) is 1.57. The van der Waals surface area contributed by atoms with Crippen molar-refractivity contribution in [3.63, 3.8) is 0 Å². The van der Waals surface area contributed by atoms with Gasteiger partial charge in [-0.3, -0.25) is 14.4 Å². The Kier molecular flexibility index (Phi) is 7.91. The summed E-state index contributed by atoms with van der Waals surface area (Å²) >= 11 is 1.20. The van der Waals surface area contributed by atoms with Gasteiger partial charge in [0.25, 0.3) is 5.91 Å². The first-order valence-electron chi connectivity index (χ1n) is 7.56. The predicted molar refractivity (Wildman–Crippen MR) is 88.1 cm³/mol. The van der Waals surface area contributed by atoms with Gasteiger partial charge in [0, 0.05) is 37.2 Å². The van der Waals surface area contributed by atoms with Crippen LogP contribution in [0.5, 0.6) is 0 Å². The van der Waals surface area contributed by atoms with Crippen molar-refractivity contribution in [1.82, 2.24) is 4.90 Å². The maximum absolute atomic E-state index is 12.6. The number of nitrogens with zero attached hydrogens (tertiary/aromatic N) is 1. The molecule has 1 aromatic heterocycles. The summed E-state index contributed by atoms with van der Waals surface area (Å²) in [6.07, 6.45) is 0.636. The summed E-state index contributed by atoms with van der Waals surface area (Å²) in [6.45, 7) is 6.59. The first-order valence-corrected chi connectivity index (χ1v) is 8.44. The van der Waals surface area contributed by atoms with Crippen molar-refractivity contribution < 1.29 is 24.2 Å². The lowest BCUT2D eigenvalue weighted by molar-refractivity contribution is -0.141. The highest BCUT2D eigenvalue weighted by atomic mass is 32.1. The number of carboxylic acid groups (broad SMARTS) is 1. The van der Waals surface area contributed by atoms with E-state index in [1.165, 1.54) is 23.2 Å². The van der Waals surface area contributed by atoms with Crippen molar-refractivity contribution in [2.45, 2.75) is 27.2 Å². The Morgan fingerprint density at radius 2 is 2.09 bits per heavy atom. The summed E-state index contributed by atoms with van der Waals surface area (Å²) in [5, 5.41) is 10.7. The summed E-state index contributed by atoms with van der Waals surface area (Å²) in [5.41, 5.74) is 0.499. The molecule has 0 spiro atoms. The van der Waals surface area contributed by atoms with Gasteiger partial charge in [0.2, 0.25) is 0 Å². The van der Waals surface area contributed by atoms with E-state index in [1.807, 2.05) is 6.92 Å². The molecule has 0 aliphatic rings. The van der Waals surface area contributed by atoms with Gasteiger partial charge in [-0.25, -0.2) is 0 Å². The molecule has 0 fully saturated rings. The van der Waals surface area contributed by atoms with Crippen LogP contribution >= 0.6 is 11.3 Å². The first-order chi connectivity index (χ1) is 10.9. The van der Waals surface area contributed by atoms with Crippen LogP contribution in [0, 0.1) is 5.92 Å². The molecule has 0 aliphatic carbocycles. The number of ketones is 1. The third-order valence-electron chi connectivity index (χ3n) is 3.34. The molecule has 1 aromatic rings. The second-order valence-corrected chi connectivity index (χ2v) is 6.21. The number of hydrogen-bond donors (Lipinski definition) is 1. The van der Waals surface area contributed by atoms with Crippen LogP contribution < -0.4 is 0 Å². The number of rotatable bonds is 10.